The average molecular weight is 503 g/mol. The van der Waals surface area contributed by atoms with E-state index in [-0.39, 0.29) is 34.8 Å². The van der Waals surface area contributed by atoms with Gasteiger partial charge in [-0.2, -0.15) is 4.83 Å². The highest BCUT2D eigenvalue weighted by atomic mass is 35.5. The first-order valence-corrected chi connectivity index (χ1v) is 11.4. The number of nitrogens with zero attached hydrogens (tertiary/aromatic N) is 1. The summed E-state index contributed by atoms with van der Waals surface area (Å²) in [6.45, 7) is 4.37. The predicted molar refractivity (Wildman–Crippen MR) is 121 cm³/mol. The van der Waals surface area contributed by atoms with E-state index in [1.54, 1.807) is 25.3 Å². The van der Waals surface area contributed by atoms with Crippen molar-refractivity contribution in [3.05, 3.63) is 45.9 Å². The molecule has 2 aromatic carbocycles. The van der Waals surface area contributed by atoms with Gasteiger partial charge < -0.3 is 18.8 Å². The molecule has 32 heavy (non-hydrogen) atoms. The minimum absolute atomic E-state index is 0.0918. The van der Waals surface area contributed by atoms with E-state index < -0.39 is 23.5 Å². The standard InChI is InChI=1S/C20H23Cl2N3O6S/c1-11(2)15-8-13(4-5-18(15)29-3)30-19-16(21)6-12(7-17(19)22)25-10-14(31-20(25)26)9-23-24-32(27)28/h4-8,11,14,23-24H,9-10H2,1-3H3,(H,27,28)/p-1. The molecule has 2 atom stereocenters. The Morgan fingerprint density at radius 3 is 2.56 bits per heavy atom. The fraction of sp³-hybridized carbons (Fsp3) is 0.350. The highest BCUT2D eigenvalue weighted by Gasteiger charge is 2.33. The van der Waals surface area contributed by atoms with E-state index in [9.17, 15) is 13.6 Å². The number of ether oxygens (including phenoxy) is 3. The Morgan fingerprint density at radius 1 is 1.28 bits per heavy atom. The highest BCUT2D eigenvalue weighted by Crippen LogP contribution is 2.41. The minimum Gasteiger partial charge on any atom is -0.759 e. The number of rotatable bonds is 9. The third-order valence-electron chi connectivity index (χ3n) is 4.70. The Labute approximate surface area is 198 Å². The molecule has 12 heteroatoms. The molecule has 0 saturated carbocycles. The van der Waals surface area contributed by atoms with Gasteiger partial charge in [0.2, 0.25) is 0 Å². The second-order valence-electron chi connectivity index (χ2n) is 7.23. The van der Waals surface area contributed by atoms with E-state index in [4.69, 9.17) is 37.4 Å². The van der Waals surface area contributed by atoms with Crippen molar-refractivity contribution in [3.63, 3.8) is 0 Å². The molecule has 1 heterocycles. The molecule has 1 fully saturated rings. The zero-order chi connectivity index (χ0) is 23.4. The number of halogens is 2. The van der Waals surface area contributed by atoms with Gasteiger partial charge in [-0.15, -0.1) is 0 Å². The number of cyclic esters (lactones) is 1. The normalized spacial score (nSPS) is 16.9. The molecule has 0 bridgehead atoms. The lowest BCUT2D eigenvalue weighted by Crippen LogP contribution is -2.40. The summed E-state index contributed by atoms with van der Waals surface area (Å²) in [5, 5.41) is 0.430. The SMILES string of the molecule is COc1ccc(Oc2c(Cl)cc(N3CC(CNNS(=O)[O-])OC3=O)cc2Cl)cc1C(C)C. The summed E-state index contributed by atoms with van der Waals surface area (Å²) >= 11 is 10.4. The number of methoxy groups -OCH3 is 1. The quantitative estimate of drug-likeness (QED) is 0.391. The Bertz CT molecular complexity index is 1000. The maximum atomic E-state index is 12.2. The van der Waals surface area contributed by atoms with E-state index in [1.165, 1.54) is 4.90 Å². The molecule has 0 radical (unpaired) electrons. The van der Waals surface area contributed by atoms with Crippen LogP contribution in [-0.2, 0) is 16.0 Å². The Morgan fingerprint density at radius 2 is 1.97 bits per heavy atom. The molecular weight excluding hydrogens is 481 g/mol. The monoisotopic (exact) mass is 502 g/mol. The van der Waals surface area contributed by atoms with Crippen molar-refractivity contribution in [3.8, 4) is 17.2 Å². The molecule has 0 aromatic heterocycles. The molecule has 1 aliphatic rings. The van der Waals surface area contributed by atoms with E-state index in [0.717, 1.165) is 11.3 Å². The number of carbonyl (C=O) groups excluding carboxylic acids is 1. The summed E-state index contributed by atoms with van der Waals surface area (Å²) in [7, 11) is 1.61. The van der Waals surface area contributed by atoms with Crippen LogP contribution >= 0.6 is 23.2 Å². The van der Waals surface area contributed by atoms with Crippen LogP contribution in [0.25, 0.3) is 0 Å². The van der Waals surface area contributed by atoms with Crippen LogP contribution in [-0.4, -0.2) is 41.2 Å². The zero-order valence-electron chi connectivity index (χ0n) is 17.5. The second kappa shape index (κ2) is 10.7. The Balaban J connectivity index is 1.76. The van der Waals surface area contributed by atoms with Gasteiger partial charge in [0, 0.05) is 16.8 Å². The van der Waals surface area contributed by atoms with Crippen LogP contribution in [0, 0.1) is 0 Å². The van der Waals surface area contributed by atoms with Gasteiger partial charge in [0.15, 0.2) is 5.75 Å². The molecule has 2 unspecified atom stereocenters. The third-order valence-corrected chi connectivity index (χ3v) is 5.57. The fourth-order valence-electron chi connectivity index (χ4n) is 3.20. The number of hydrazine groups is 1. The first kappa shape index (κ1) is 24.6. The molecule has 2 aromatic rings. The lowest BCUT2D eigenvalue weighted by molar-refractivity contribution is 0.139. The smallest absolute Gasteiger partial charge is 0.414 e. The minimum atomic E-state index is -2.47. The maximum absolute atomic E-state index is 12.2. The number of hydrogen-bond acceptors (Lipinski definition) is 7. The largest absolute Gasteiger partial charge is 0.759 e. The molecule has 3 rings (SSSR count). The Kier molecular flexibility index (Phi) is 8.21. The van der Waals surface area contributed by atoms with E-state index >= 15 is 0 Å². The summed E-state index contributed by atoms with van der Waals surface area (Å²) in [4.78, 5) is 15.6. The summed E-state index contributed by atoms with van der Waals surface area (Å²) in [6, 6.07) is 8.54. The number of hydrogen-bond donors (Lipinski definition) is 2. The number of anilines is 1. The van der Waals surface area contributed by atoms with Gasteiger partial charge in [0.1, 0.15) is 17.6 Å². The molecule has 174 valence electrons. The van der Waals surface area contributed by atoms with Crippen molar-refractivity contribution < 1.29 is 27.8 Å². The van der Waals surface area contributed by atoms with Crippen molar-refractivity contribution in [2.24, 2.45) is 0 Å². The summed E-state index contributed by atoms with van der Waals surface area (Å²) in [5.74, 6) is 1.77. The van der Waals surface area contributed by atoms with Gasteiger partial charge in [-0.1, -0.05) is 37.0 Å². The maximum Gasteiger partial charge on any atom is 0.414 e. The average Bonchev–Trinajstić information content (AvgIpc) is 3.10. The predicted octanol–water partition coefficient (Wildman–Crippen LogP) is 4.13. The first-order valence-electron chi connectivity index (χ1n) is 9.60. The number of nitrogens with one attached hydrogen (secondary N) is 2. The lowest BCUT2D eigenvalue weighted by atomic mass is 10.0. The van der Waals surface area contributed by atoms with E-state index in [0.29, 0.717) is 11.4 Å². The summed E-state index contributed by atoms with van der Waals surface area (Å²) in [5.41, 5.74) is 3.86. The van der Waals surface area contributed by atoms with Gasteiger partial charge in [-0.25, -0.2) is 10.2 Å². The molecule has 1 amide bonds. The number of carbonyl (C=O) groups is 1. The Hall–Kier alpha value is -2.08. The van der Waals surface area contributed by atoms with E-state index in [1.807, 2.05) is 30.8 Å². The molecule has 0 spiro atoms. The van der Waals surface area contributed by atoms with Gasteiger partial charge in [-0.3, -0.25) is 9.11 Å². The number of amides is 1. The van der Waals surface area contributed by atoms with Crippen molar-refractivity contribution in [1.29, 1.82) is 0 Å². The first-order chi connectivity index (χ1) is 15.2. The van der Waals surface area contributed by atoms with Crippen LogP contribution in [0.1, 0.15) is 25.3 Å². The number of benzene rings is 2. The van der Waals surface area contributed by atoms with Crippen molar-refractivity contribution in [1.82, 2.24) is 10.3 Å². The molecule has 2 N–H and O–H groups in total. The van der Waals surface area contributed by atoms with Crippen molar-refractivity contribution >= 4 is 46.2 Å². The van der Waals surface area contributed by atoms with Crippen LogP contribution in [0.5, 0.6) is 17.2 Å². The second-order valence-corrected chi connectivity index (χ2v) is 8.72. The van der Waals surface area contributed by atoms with Gasteiger partial charge in [0.25, 0.3) is 0 Å². The fourth-order valence-corrected chi connectivity index (χ4v) is 3.95. The van der Waals surface area contributed by atoms with Gasteiger partial charge in [-0.05, 0) is 36.2 Å². The van der Waals surface area contributed by atoms with Crippen LogP contribution in [0.3, 0.4) is 0 Å². The van der Waals surface area contributed by atoms with Crippen LogP contribution in [0.2, 0.25) is 10.0 Å². The summed E-state index contributed by atoms with van der Waals surface area (Å²) < 4.78 is 37.6. The highest BCUT2D eigenvalue weighted by molar-refractivity contribution is 7.76. The third kappa shape index (κ3) is 5.83. The van der Waals surface area contributed by atoms with E-state index in [2.05, 4.69) is 5.43 Å². The lowest BCUT2D eigenvalue weighted by Gasteiger charge is -2.18. The molecule has 1 aliphatic heterocycles. The van der Waals surface area contributed by atoms with Crippen molar-refractivity contribution in [2.75, 3.05) is 25.1 Å². The van der Waals surface area contributed by atoms with Gasteiger partial charge in [0.05, 0.1) is 35.9 Å². The van der Waals surface area contributed by atoms with Crippen LogP contribution < -0.4 is 24.6 Å². The molecule has 0 aliphatic carbocycles. The van der Waals surface area contributed by atoms with Crippen LogP contribution in [0.15, 0.2) is 30.3 Å². The van der Waals surface area contributed by atoms with Crippen LogP contribution in [0.4, 0.5) is 10.5 Å². The molecular formula is C20H22Cl2N3O6S-. The molecule has 1 saturated heterocycles. The topological polar surface area (TPSA) is 112 Å². The summed E-state index contributed by atoms with van der Waals surface area (Å²) in [6.07, 6.45) is -1.17. The van der Waals surface area contributed by atoms with Crippen molar-refractivity contribution in [2.45, 2.75) is 25.9 Å². The molecule has 9 nitrogen and oxygen atoms in total. The van der Waals surface area contributed by atoms with Gasteiger partial charge >= 0.3 is 6.09 Å². The zero-order valence-corrected chi connectivity index (χ0v) is 19.8.